The van der Waals surface area contributed by atoms with Crippen LogP contribution in [0.2, 0.25) is 0 Å². The van der Waals surface area contributed by atoms with Crippen LogP contribution in [0.3, 0.4) is 0 Å². The lowest BCUT2D eigenvalue weighted by molar-refractivity contribution is 0.141. The molecule has 6 heteroatoms. The molecule has 1 heterocycles. The van der Waals surface area contributed by atoms with Gasteiger partial charge in [0.1, 0.15) is 11.5 Å². The van der Waals surface area contributed by atoms with Gasteiger partial charge in [-0.05, 0) is 31.3 Å². The standard InChI is InChI=1S/C12H12F3N3/c1-16-6-8-7-17-18(11(8)12(14)15)10-4-2-9(13)3-5-10/h2-5,7,12,16H,6H2,1H3. The fourth-order valence-electron chi connectivity index (χ4n) is 1.74. The molecular formula is C12H12F3N3. The van der Waals surface area contributed by atoms with E-state index in [2.05, 4.69) is 10.4 Å². The first-order valence-electron chi connectivity index (χ1n) is 5.39. The van der Waals surface area contributed by atoms with Crippen molar-refractivity contribution in [2.24, 2.45) is 0 Å². The van der Waals surface area contributed by atoms with Gasteiger partial charge in [0.05, 0.1) is 11.9 Å². The van der Waals surface area contributed by atoms with Crippen LogP contribution < -0.4 is 5.32 Å². The number of halogens is 3. The highest BCUT2D eigenvalue weighted by Crippen LogP contribution is 2.25. The molecule has 0 unspecified atom stereocenters. The van der Waals surface area contributed by atoms with Crippen LogP contribution in [0.5, 0.6) is 0 Å². The van der Waals surface area contributed by atoms with E-state index in [1.54, 1.807) is 7.05 Å². The van der Waals surface area contributed by atoms with Crippen molar-refractivity contribution in [1.82, 2.24) is 15.1 Å². The monoisotopic (exact) mass is 255 g/mol. The summed E-state index contributed by atoms with van der Waals surface area (Å²) < 4.78 is 40.0. The first-order valence-corrected chi connectivity index (χ1v) is 5.39. The van der Waals surface area contributed by atoms with Crippen LogP contribution in [0.15, 0.2) is 30.5 Å². The van der Waals surface area contributed by atoms with Gasteiger partial charge in [0, 0.05) is 12.1 Å². The van der Waals surface area contributed by atoms with Gasteiger partial charge >= 0.3 is 0 Å². The molecule has 1 aromatic heterocycles. The van der Waals surface area contributed by atoms with Crippen molar-refractivity contribution in [2.75, 3.05) is 7.05 Å². The summed E-state index contributed by atoms with van der Waals surface area (Å²) in [7, 11) is 1.67. The van der Waals surface area contributed by atoms with Crippen LogP contribution in [0.25, 0.3) is 5.69 Å². The molecule has 0 aliphatic heterocycles. The molecule has 0 aliphatic carbocycles. The Morgan fingerprint density at radius 1 is 1.28 bits per heavy atom. The van der Waals surface area contributed by atoms with Crippen LogP contribution in [0, 0.1) is 5.82 Å². The third kappa shape index (κ3) is 2.38. The Morgan fingerprint density at radius 2 is 1.94 bits per heavy atom. The maximum absolute atomic E-state index is 13.0. The molecule has 0 spiro atoms. The number of hydrogen-bond acceptors (Lipinski definition) is 2. The van der Waals surface area contributed by atoms with Gasteiger partial charge in [-0.2, -0.15) is 5.10 Å². The Labute approximate surface area is 102 Å². The SMILES string of the molecule is CNCc1cnn(-c2ccc(F)cc2)c1C(F)F. The van der Waals surface area contributed by atoms with Crippen molar-refractivity contribution < 1.29 is 13.2 Å². The first-order chi connectivity index (χ1) is 8.63. The number of nitrogens with zero attached hydrogens (tertiary/aromatic N) is 2. The molecule has 0 amide bonds. The summed E-state index contributed by atoms with van der Waals surface area (Å²) in [5.74, 6) is -0.417. The summed E-state index contributed by atoms with van der Waals surface area (Å²) in [5.41, 5.74) is 0.668. The van der Waals surface area contributed by atoms with Crippen LogP contribution in [0.1, 0.15) is 17.7 Å². The van der Waals surface area contributed by atoms with E-state index < -0.39 is 12.2 Å². The van der Waals surface area contributed by atoms with Gasteiger partial charge < -0.3 is 5.32 Å². The Hall–Kier alpha value is -1.82. The zero-order valence-electron chi connectivity index (χ0n) is 9.70. The maximum atomic E-state index is 13.0. The molecule has 18 heavy (non-hydrogen) atoms. The van der Waals surface area contributed by atoms with Gasteiger partial charge in [-0.3, -0.25) is 0 Å². The third-order valence-corrected chi connectivity index (χ3v) is 2.53. The number of hydrogen-bond donors (Lipinski definition) is 1. The van der Waals surface area contributed by atoms with Crippen LogP contribution in [-0.2, 0) is 6.54 Å². The minimum atomic E-state index is -2.64. The number of alkyl halides is 2. The van der Waals surface area contributed by atoms with Crippen molar-refractivity contribution in [2.45, 2.75) is 13.0 Å². The minimum absolute atomic E-state index is 0.170. The Bertz CT molecular complexity index is 520. The Kier molecular flexibility index (Phi) is 3.66. The van der Waals surface area contributed by atoms with E-state index in [-0.39, 0.29) is 5.69 Å². The minimum Gasteiger partial charge on any atom is -0.316 e. The lowest BCUT2D eigenvalue weighted by Gasteiger charge is -2.08. The van der Waals surface area contributed by atoms with E-state index in [4.69, 9.17) is 0 Å². The fourth-order valence-corrected chi connectivity index (χ4v) is 1.74. The second-order valence-corrected chi connectivity index (χ2v) is 3.77. The van der Waals surface area contributed by atoms with E-state index in [1.807, 2.05) is 0 Å². The highest BCUT2D eigenvalue weighted by atomic mass is 19.3. The van der Waals surface area contributed by atoms with Crippen molar-refractivity contribution in [3.05, 3.63) is 47.5 Å². The van der Waals surface area contributed by atoms with Crippen LogP contribution in [0.4, 0.5) is 13.2 Å². The predicted molar refractivity (Wildman–Crippen MR) is 61.2 cm³/mol. The van der Waals surface area contributed by atoms with Gasteiger partial charge in [-0.25, -0.2) is 17.9 Å². The van der Waals surface area contributed by atoms with Crippen molar-refractivity contribution in [3.8, 4) is 5.69 Å². The highest BCUT2D eigenvalue weighted by molar-refractivity contribution is 5.35. The lowest BCUT2D eigenvalue weighted by atomic mass is 10.2. The number of benzene rings is 1. The van der Waals surface area contributed by atoms with E-state index >= 15 is 0 Å². The van der Waals surface area contributed by atoms with Gasteiger partial charge in [-0.15, -0.1) is 0 Å². The van der Waals surface area contributed by atoms with Crippen LogP contribution in [-0.4, -0.2) is 16.8 Å². The summed E-state index contributed by atoms with van der Waals surface area (Å²) in [6.45, 7) is 0.306. The topological polar surface area (TPSA) is 29.9 Å². The fraction of sp³-hybridized carbons (Fsp3) is 0.250. The molecule has 0 saturated heterocycles. The molecule has 1 aromatic carbocycles. The molecule has 2 aromatic rings. The molecule has 0 radical (unpaired) electrons. The molecule has 2 rings (SSSR count). The molecule has 96 valence electrons. The normalized spacial score (nSPS) is 11.2. The Balaban J connectivity index is 2.47. The molecule has 0 atom stereocenters. The second-order valence-electron chi connectivity index (χ2n) is 3.77. The predicted octanol–water partition coefficient (Wildman–Crippen LogP) is 2.67. The van der Waals surface area contributed by atoms with Gasteiger partial charge in [-0.1, -0.05) is 0 Å². The van der Waals surface area contributed by atoms with Crippen molar-refractivity contribution >= 4 is 0 Å². The summed E-state index contributed by atoms with van der Waals surface area (Å²) in [5, 5.41) is 6.74. The number of nitrogens with one attached hydrogen (secondary N) is 1. The van der Waals surface area contributed by atoms with Gasteiger partial charge in [0.25, 0.3) is 6.43 Å². The number of rotatable bonds is 4. The van der Waals surface area contributed by atoms with E-state index in [0.29, 0.717) is 17.8 Å². The Morgan fingerprint density at radius 3 is 2.50 bits per heavy atom. The lowest BCUT2D eigenvalue weighted by Crippen LogP contribution is -2.09. The first kappa shape index (κ1) is 12.6. The third-order valence-electron chi connectivity index (χ3n) is 2.53. The van der Waals surface area contributed by atoms with Crippen molar-refractivity contribution in [1.29, 1.82) is 0 Å². The van der Waals surface area contributed by atoms with E-state index in [1.165, 1.54) is 30.5 Å². The molecule has 0 fully saturated rings. The summed E-state index contributed by atoms with van der Waals surface area (Å²) in [4.78, 5) is 0. The molecule has 0 aliphatic rings. The average molecular weight is 255 g/mol. The zero-order valence-corrected chi connectivity index (χ0v) is 9.70. The summed E-state index contributed by atoms with van der Waals surface area (Å²) in [6.07, 6.45) is -1.25. The number of aromatic nitrogens is 2. The summed E-state index contributed by atoms with van der Waals surface area (Å²) in [6, 6.07) is 5.25. The zero-order chi connectivity index (χ0) is 13.1. The van der Waals surface area contributed by atoms with Crippen LogP contribution >= 0.6 is 0 Å². The smallest absolute Gasteiger partial charge is 0.280 e. The molecular weight excluding hydrogens is 243 g/mol. The summed E-state index contributed by atoms with van der Waals surface area (Å²) >= 11 is 0. The molecule has 3 nitrogen and oxygen atoms in total. The highest BCUT2D eigenvalue weighted by Gasteiger charge is 2.20. The van der Waals surface area contributed by atoms with E-state index in [0.717, 1.165) is 4.68 Å². The van der Waals surface area contributed by atoms with E-state index in [9.17, 15) is 13.2 Å². The quantitative estimate of drug-likeness (QED) is 0.910. The molecule has 0 bridgehead atoms. The average Bonchev–Trinajstić information content (AvgIpc) is 2.74. The molecule has 0 saturated carbocycles. The largest absolute Gasteiger partial charge is 0.316 e. The van der Waals surface area contributed by atoms with Crippen molar-refractivity contribution in [3.63, 3.8) is 0 Å². The van der Waals surface area contributed by atoms with Gasteiger partial charge in [0.15, 0.2) is 0 Å². The second kappa shape index (κ2) is 5.22. The van der Waals surface area contributed by atoms with Gasteiger partial charge in [0.2, 0.25) is 0 Å². The molecule has 1 N–H and O–H groups in total. The maximum Gasteiger partial charge on any atom is 0.280 e.